The van der Waals surface area contributed by atoms with E-state index >= 15 is 0 Å². The van der Waals surface area contributed by atoms with Gasteiger partial charge in [0.1, 0.15) is 18.1 Å². The van der Waals surface area contributed by atoms with Crippen LogP contribution >= 0.6 is 0 Å². The van der Waals surface area contributed by atoms with Crippen molar-refractivity contribution in [2.24, 2.45) is 0 Å². The van der Waals surface area contributed by atoms with Crippen LogP contribution in [-0.2, 0) is 4.79 Å². The molecule has 1 amide bonds. The van der Waals surface area contributed by atoms with Crippen molar-refractivity contribution in [1.82, 2.24) is 4.90 Å². The number of amides is 1. The lowest BCUT2D eigenvalue weighted by Gasteiger charge is -2.18. The number of likely N-dealkylation sites (N-methyl/N-ethyl adjacent to an activating group) is 1. The lowest BCUT2D eigenvalue weighted by Crippen LogP contribution is -2.30. The monoisotopic (exact) mass is 381 g/mol. The molecule has 148 valence electrons. The Hall–Kier alpha value is -3.04. The Labute approximate surface area is 166 Å². The van der Waals surface area contributed by atoms with Crippen molar-refractivity contribution in [3.05, 3.63) is 54.1 Å². The second-order valence-electron chi connectivity index (χ2n) is 6.29. The first-order valence-electron chi connectivity index (χ1n) is 9.48. The minimum atomic E-state index is -0.669. The smallest absolute Gasteiger partial charge is 0.265 e. The van der Waals surface area contributed by atoms with Crippen molar-refractivity contribution in [2.45, 2.75) is 26.9 Å². The number of hydrogen-bond donors (Lipinski definition) is 1. The minimum absolute atomic E-state index is 0.250. The van der Waals surface area contributed by atoms with Gasteiger partial charge < -0.3 is 19.7 Å². The topological polar surface area (TPSA) is 74.6 Å². The quantitative estimate of drug-likeness (QED) is 0.679. The van der Waals surface area contributed by atoms with Crippen molar-refractivity contribution in [3.8, 4) is 17.6 Å². The number of hydrogen-bond acceptors (Lipinski definition) is 5. The molecule has 2 rings (SSSR count). The highest BCUT2D eigenvalue weighted by atomic mass is 16.5. The molecule has 0 aliphatic heterocycles. The van der Waals surface area contributed by atoms with E-state index in [9.17, 15) is 4.79 Å². The molecule has 0 saturated heterocycles. The molecule has 0 fully saturated rings. The maximum atomic E-state index is 12.3. The zero-order chi connectivity index (χ0) is 20.4. The molecule has 1 unspecified atom stereocenters. The summed E-state index contributed by atoms with van der Waals surface area (Å²) in [6.45, 7) is 9.47. The van der Waals surface area contributed by atoms with Crippen LogP contribution in [0.2, 0.25) is 0 Å². The highest BCUT2D eigenvalue weighted by molar-refractivity contribution is 5.94. The normalized spacial score (nSPS) is 11.5. The third kappa shape index (κ3) is 6.60. The van der Waals surface area contributed by atoms with Gasteiger partial charge in [-0.05, 0) is 68.5 Å². The van der Waals surface area contributed by atoms with Gasteiger partial charge in [0.25, 0.3) is 5.91 Å². The number of nitrogens with zero attached hydrogens (tertiary/aromatic N) is 2. The predicted octanol–water partition coefficient (Wildman–Crippen LogP) is 3.68. The van der Waals surface area contributed by atoms with Gasteiger partial charge in [-0.2, -0.15) is 5.26 Å². The third-order valence-corrected chi connectivity index (χ3v) is 4.36. The van der Waals surface area contributed by atoms with Crippen LogP contribution in [0.25, 0.3) is 0 Å². The number of ether oxygens (including phenoxy) is 2. The van der Waals surface area contributed by atoms with Crippen LogP contribution in [-0.4, -0.2) is 43.2 Å². The Morgan fingerprint density at radius 1 is 1.07 bits per heavy atom. The molecular formula is C22H27N3O3. The van der Waals surface area contributed by atoms with Gasteiger partial charge in [0.15, 0.2) is 6.10 Å². The second kappa shape index (κ2) is 11.0. The molecule has 0 heterocycles. The largest absolute Gasteiger partial charge is 0.492 e. The maximum Gasteiger partial charge on any atom is 0.265 e. The second-order valence-corrected chi connectivity index (χ2v) is 6.29. The van der Waals surface area contributed by atoms with Gasteiger partial charge in [-0.3, -0.25) is 4.79 Å². The summed E-state index contributed by atoms with van der Waals surface area (Å²) in [7, 11) is 0. The molecule has 0 radical (unpaired) electrons. The van der Waals surface area contributed by atoms with Gasteiger partial charge in [0.05, 0.1) is 11.6 Å². The molecule has 6 heteroatoms. The Kier molecular flexibility index (Phi) is 8.32. The van der Waals surface area contributed by atoms with Gasteiger partial charge >= 0.3 is 0 Å². The molecule has 0 spiro atoms. The highest BCUT2D eigenvalue weighted by Crippen LogP contribution is 2.17. The Morgan fingerprint density at radius 2 is 1.68 bits per heavy atom. The summed E-state index contributed by atoms with van der Waals surface area (Å²) < 4.78 is 11.4. The van der Waals surface area contributed by atoms with Crippen LogP contribution in [0.3, 0.4) is 0 Å². The summed E-state index contributed by atoms with van der Waals surface area (Å²) in [5.74, 6) is 1.06. The molecular weight excluding hydrogens is 354 g/mol. The molecule has 1 N–H and O–H groups in total. The number of nitriles is 1. The van der Waals surface area contributed by atoms with Crippen LogP contribution in [0.1, 0.15) is 26.3 Å². The van der Waals surface area contributed by atoms with Crippen molar-refractivity contribution >= 4 is 11.6 Å². The molecule has 0 aromatic heterocycles. The number of benzene rings is 2. The summed E-state index contributed by atoms with van der Waals surface area (Å²) in [5, 5.41) is 11.6. The fraction of sp³-hybridized carbons (Fsp3) is 0.364. The van der Waals surface area contributed by atoms with E-state index in [4.69, 9.17) is 14.7 Å². The summed E-state index contributed by atoms with van der Waals surface area (Å²) in [6, 6.07) is 16.0. The molecule has 0 aliphatic rings. The molecule has 1 atom stereocenters. The van der Waals surface area contributed by atoms with Gasteiger partial charge in [-0.25, -0.2) is 0 Å². The first-order chi connectivity index (χ1) is 13.5. The number of anilines is 1. The van der Waals surface area contributed by atoms with E-state index in [2.05, 4.69) is 24.1 Å². The van der Waals surface area contributed by atoms with E-state index < -0.39 is 6.10 Å². The first kappa shape index (κ1) is 21.3. The summed E-state index contributed by atoms with van der Waals surface area (Å²) in [5.41, 5.74) is 1.22. The molecule has 28 heavy (non-hydrogen) atoms. The van der Waals surface area contributed by atoms with E-state index in [0.717, 1.165) is 25.4 Å². The zero-order valence-electron chi connectivity index (χ0n) is 16.6. The lowest BCUT2D eigenvalue weighted by atomic mass is 10.2. The molecule has 2 aromatic rings. The molecule has 2 aromatic carbocycles. The van der Waals surface area contributed by atoms with E-state index in [0.29, 0.717) is 23.6 Å². The standard InChI is InChI=1S/C22H27N3O3/c1-4-25(5-2)14-15-27-20-12-8-19(9-13-20)24-22(26)17(3)28-21-10-6-18(16-23)7-11-21/h6-13,17H,4-5,14-15H2,1-3H3,(H,24,26). The summed E-state index contributed by atoms with van der Waals surface area (Å²) in [4.78, 5) is 14.6. The molecule has 0 aliphatic carbocycles. The predicted molar refractivity (Wildman–Crippen MR) is 110 cm³/mol. The van der Waals surface area contributed by atoms with Crippen LogP contribution < -0.4 is 14.8 Å². The van der Waals surface area contributed by atoms with Crippen molar-refractivity contribution < 1.29 is 14.3 Å². The number of rotatable bonds is 10. The number of nitrogens with one attached hydrogen (secondary N) is 1. The highest BCUT2D eigenvalue weighted by Gasteiger charge is 2.15. The SMILES string of the molecule is CCN(CC)CCOc1ccc(NC(=O)C(C)Oc2ccc(C#N)cc2)cc1. The summed E-state index contributed by atoms with van der Waals surface area (Å²) >= 11 is 0. The van der Waals surface area contributed by atoms with Crippen LogP contribution in [0.4, 0.5) is 5.69 Å². The Bertz CT molecular complexity index is 778. The van der Waals surface area contributed by atoms with E-state index in [1.807, 2.05) is 18.2 Å². The Balaban J connectivity index is 1.81. The van der Waals surface area contributed by atoms with Gasteiger partial charge in [-0.15, -0.1) is 0 Å². The number of carbonyl (C=O) groups excluding carboxylic acids is 1. The van der Waals surface area contributed by atoms with Crippen molar-refractivity contribution in [2.75, 3.05) is 31.6 Å². The van der Waals surface area contributed by atoms with E-state index in [1.165, 1.54) is 0 Å². The molecule has 0 bridgehead atoms. The fourth-order valence-corrected chi connectivity index (χ4v) is 2.58. The summed E-state index contributed by atoms with van der Waals surface area (Å²) in [6.07, 6.45) is -0.669. The average molecular weight is 381 g/mol. The van der Waals surface area contributed by atoms with Gasteiger partial charge in [-0.1, -0.05) is 13.8 Å². The van der Waals surface area contributed by atoms with Crippen molar-refractivity contribution in [1.29, 1.82) is 5.26 Å². The van der Waals surface area contributed by atoms with E-state index in [-0.39, 0.29) is 5.91 Å². The zero-order valence-corrected chi connectivity index (χ0v) is 16.6. The van der Waals surface area contributed by atoms with Crippen LogP contribution in [0.5, 0.6) is 11.5 Å². The van der Waals surface area contributed by atoms with Crippen molar-refractivity contribution in [3.63, 3.8) is 0 Å². The fourth-order valence-electron chi connectivity index (χ4n) is 2.58. The van der Waals surface area contributed by atoms with E-state index in [1.54, 1.807) is 43.3 Å². The Morgan fingerprint density at radius 3 is 2.25 bits per heavy atom. The lowest BCUT2D eigenvalue weighted by molar-refractivity contribution is -0.122. The first-order valence-corrected chi connectivity index (χ1v) is 9.48. The van der Waals surface area contributed by atoms with Crippen LogP contribution in [0, 0.1) is 11.3 Å². The van der Waals surface area contributed by atoms with Gasteiger partial charge in [0.2, 0.25) is 0 Å². The maximum absolute atomic E-state index is 12.3. The molecule has 0 saturated carbocycles. The third-order valence-electron chi connectivity index (χ3n) is 4.36. The average Bonchev–Trinajstić information content (AvgIpc) is 2.73. The number of carbonyl (C=O) groups is 1. The molecule has 6 nitrogen and oxygen atoms in total. The van der Waals surface area contributed by atoms with Crippen LogP contribution in [0.15, 0.2) is 48.5 Å². The minimum Gasteiger partial charge on any atom is -0.492 e. The van der Waals surface area contributed by atoms with Gasteiger partial charge in [0, 0.05) is 12.2 Å².